The van der Waals surface area contributed by atoms with Gasteiger partial charge in [-0.25, -0.2) is 4.98 Å². The van der Waals surface area contributed by atoms with E-state index in [1.165, 1.54) is 98.7 Å². The van der Waals surface area contributed by atoms with Crippen LogP contribution >= 0.6 is 0 Å². The van der Waals surface area contributed by atoms with Crippen molar-refractivity contribution in [2.24, 2.45) is 0 Å². The first kappa shape index (κ1) is 32.0. The number of hydrogen-bond donors (Lipinski definition) is 0. The third-order valence-corrected chi connectivity index (χ3v) is 12.3. The number of hydrogen-bond acceptors (Lipinski definition) is 1. The third kappa shape index (κ3) is 4.62. The molecule has 12 rings (SSSR count). The summed E-state index contributed by atoms with van der Waals surface area (Å²) in [6.07, 6.45) is 0.840. The second-order valence-electron chi connectivity index (χ2n) is 15.2. The number of aromatic nitrogens is 2. The van der Waals surface area contributed by atoms with Crippen molar-refractivity contribution in [3.05, 3.63) is 194 Å². The summed E-state index contributed by atoms with van der Waals surface area (Å²) in [6, 6.07) is 69.5. The van der Waals surface area contributed by atoms with Crippen molar-refractivity contribution in [3.63, 3.8) is 0 Å². The Balaban J connectivity index is 1.20. The van der Waals surface area contributed by atoms with Gasteiger partial charge in [0, 0.05) is 11.8 Å². The Morgan fingerprint density at radius 3 is 1.84 bits per heavy atom. The lowest BCUT2D eigenvalue weighted by atomic mass is 9.82. The molecular formula is C55H36N2. The van der Waals surface area contributed by atoms with Crippen molar-refractivity contribution >= 4 is 54.1 Å². The summed E-state index contributed by atoms with van der Waals surface area (Å²) < 4.78 is 2.36. The van der Waals surface area contributed by atoms with Crippen molar-refractivity contribution in [2.75, 3.05) is 0 Å². The topological polar surface area (TPSA) is 17.8 Å². The maximum absolute atomic E-state index is 5.07. The first-order valence-corrected chi connectivity index (χ1v) is 20.0. The highest BCUT2D eigenvalue weighted by molar-refractivity contribution is 6.27. The van der Waals surface area contributed by atoms with E-state index >= 15 is 0 Å². The molecule has 2 heteroatoms. The lowest BCUT2D eigenvalue weighted by Gasteiger charge is -2.22. The second kappa shape index (κ2) is 12.4. The van der Waals surface area contributed by atoms with Crippen molar-refractivity contribution in [2.45, 2.75) is 13.3 Å². The van der Waals surface area contributed by atoms with E-state index in [4.69, 9.17) is 4.98 Å². The summed E-state index contributed by atoms with van der Waals surface area (Å²) in [5, 5.41) is 10.1. The van der Waals surface area contributed by atoms with Crippen LogP contribution in [0.4, 0.5) is 0 Å². The van der Waals surface area contributed by atoms with Gasteiger partial charge in [-0.15, -0.1) is 0 Å². The maximum Gasteiger partial charge on any atom is 0.114 e. The highest BCUT2D eigenvalue weighted by Gasteiger charge is 2.27. The molecule has 1 aromatic heterocycles. The predicted molar refractivity (Wildman–Crippen MR) is 241 cm³/mol. The minimum atomic E-state index is 0.840. The molecule has 10 aromatic carbocycles. The second-order valence-corrected chi connectivity index (χ2v) is 15.2. The molecule has 0 bridgehead atoms. The van der Waals surface area contributed by atoms with Crippen molar-refractivity contribution in [3.8, 4) is 61.3 Å². The van der Waals surface area contributed by atoms with Gasteiger partial charge in [-0.2, -0.15) is 0 Å². The molecule has 0 atom stereocenters. The number of aryl methyl sites for hydroxylation is 1. The van der Waals surface area contributed by atoms with E-state index in [1.54, 1.807) is 0 Å². The molecular weight excluding hydrogens is 689 g/mol. The van der Waals surface area contributed by atoms with Crippen LogP contribution in [0.15, 0.2) is 188 Å². The summed E-state index contributed by atoms with van der Waals surface area (Å²) in [6.45, 7) is 2.19. The minimum absolute atomic E-state index is 0.840. The molecule has 2 nitrogen and oxygen atoms in total. The fourth-order valence-corrected chi connectivity index (χ4v) is 9.90. The lowest BCUT2D eigenvalue weighted by molar-refractivity contribution is 0.913. The van der Waals surface area contributed by atoms with Crippen molar-refractivity contribution in [1.82, 2.24) is 9.55 Å². The molecule has 0 spiro atoms. The number of imidazole rings is 1. The number of para-hydroxylation sites is 2. The number of nitrogens with zero attached hydrogens (tertiary/aromatic N) is 2. The average Bonchev–Trinajstić information content (AvgIpc) is 3.82. The Kier molecular flexibility index (Phi) is 6.94. The van der Waals surface area contributed by atoms with Crippen LogP contribution < -0.4 is 0 Å². The van der Waals surface area contributed by atoms with Gasteiger partial charge < -0.3 is 0 Å². The molecule has 57 heavy (non-hydrogen) atoms. The van der Waals surface area contributed by atoms with Crippen LogP contribution in [-0.2, 0) is 6.42 Å². The zero-order valence-corrected chi connectivity index (χ0v) is 31.5. The zero-order valence-electron chi connectivity index (χ0n) is 31.5. The Hall–Kier alpha value is -7.29. The molecule has 1 heterocycles. The SMILES string of the molecule is CCc1nc2ccccc2n1-c1ccc(-c2c3ccccc3c(-c3cccc4c3-c3cccc5cccc-4c35)c3ccc(-c4ccccc4)cc23)c2ccccc12. The summed E-state index contributed by atoms with van der Waals surface area (Å²) in [4.78, 5) is 5.07. The van der Waals surface area contributed by atoms with Gasteiger partial charge in [-0.3, -0.25) is 4.57 Å². The fraction of sp³-hybridized carbons (Fsp3) is 0.0364. The molecule has 0 amide bonds. The van der Waals surface area contributed by atoms with E-state index in [-0.39, 0.29) is 0 Å². The standard InChI is InChI=1S/C55H36N2/c1-2-51-56-48-27-10-11-28-50(48)57(51)49-32-31-43(37-19-6-7-20-38(37)49)54-41-22-9-8-21-40(41)53(44-30-29-36(33-47(44)54)34-15-4-3-5-16-34)46-26-14-24-42-39-23-12-17-35-18-13-25-45(52(35)39)55(42)46/h3-33H,2H2,1H3. The van der Waals surface area contributed by atoms with E-state index in [1.807, 2.05) is 0 Å². The van der Waals surface area contributed by atoms with Crippen LogP contribution in [0.3, 0.4) is 0 Å². The molecule has 1 aliphatic rings. The number of fused-ring (bicyclic) bond motifs is 7. The van der Waals surface area contributed by atoms with Gasteiger partial charge in [0.25, 0.3) is 0 Å². The van der Waals surface area contributed by atoms with Crippen LogP contribution in [0, 0.1) is 0 Å². The lowest BCUT2D eigenvalue weighted by Crippen LogP contribution is -2.01. The van der Waals surface area contributed by atoms with E-state index in [0.29, 0.717) is 0 Å². The van der Waals surface area contributed by atoms with Gasteiger partial charge in [0.15, 0.2) is 0 Å². The highest BCUT2D eigenvalue weighted by atomic mass is 15.1. The smallest absolute Gasteiger partial charge is 0.114 e. The molecule has 0 saturated heterocycles. The number of rotatable bonds is 5. The summed E-state index contributed by atoms with van der Waals surface area (Å²) in [5.41, 5.74) is 16.0. The highest BCUT2D eigenvalue weighted by Crippen LogP contribution is 2.54. The Morgan fingerprint density at radius 2 is 1.04 bits per heavy atom. The first-order valence-electron chi connectivity index (χ1n) is 20.0. The van der Waals surface area contributed by atoms with Crippen LogP contribution in [-0.4, -0.2) is 9.55 Å². The molecule has 0 N–H and O–H groups in total. The summed E-state index contributed by atoms with van der Waals surface area (Å²) >= 11 is 0. The van der Waals surface area contributed by atoms with E-state index in [9.17, 15) is 0 Å². The van der Waals surface area contributed by atoms with Crippen LogP contribution in [0.2, 0.25) is 0 Å². The van der Waals surface area contributed by atoms with Gasteiger partial charge >= 0.3 is 0 Å². The van der Waals surface area contributed by atoms with Gasteiger partial charge in [0.1, 0.15) is 5.82 Å². The molecule has 1 aliphatic carbocycles. The zero-order chi connectivity index (χ0) is 37.6. The van der Waals surface area contributed by atoms with Crippen molar-refractivity contribution in [1.29, 1.82) is 0 Å². The minimum Gasteiger partial charge on any atom is -0.296 e. The van der Waals surface area contributed by atoms with E-state index in [2.05, 4.69) is 200 Å². The quantitative estimate of drug-likeness (QED) is 0.162. The Bertz CT molecular complexity index is 3440. The van der Waals surface area contributed by atoms with Crippen LogP contribution in [0.1, 0.15) is 12.7 Å². The number of benzene rings is 10. The Morgan fingerprint density at radius 1 is 0.404 bits per heavy atom. The normalized spacial score (nSPS) is 12.0. The molecule has 266 valence electrons. The van der Waals surface area contributed by atoms with Crippen LogP contribution in [0.5, 0.6) is 0 Å². The van der Waals surface area contributed by atoms with Gasteiger partial charge in [0.05, 0.1) is 16.7 Å². The first-order chi connectivity index (χ1) is 28.3. The molecule has 0 saturated carbocycles. The molecule has 0 fully saturated rings. The summed E-state index contributed by atoms with van der Waals surface area (Å²) in [5.74, 6) is 1.06. The average molecular weight is 725 g/mol. The van der Waals surface area contributed by atoms with Crippen LogP contribution in [0.25, 0.3) is 115 Å². The molecule has 11 aromatic rings. The van der Waals surface area contributed by atoms with Gasteiger partial charge in [-0.1, -0.05) is 171 Å². The molecule has 0 aliphatic heterocycles. The third-order valence-electron chi connectivity index (χ3n) is 12.3. The van der Waals surface area contributed by atoms with E-state index in [0.717, 1.165) is 29.0 Å². The summed E-state index contributed by atoms with van der Waals surface area (Å²) in [7, 11) is 0. The van der Waals surface area contributed by atoms with Gasteiger partial charge in [0.2, 0.25) is 0 Å². The fourth-order valence-electron chi connectivity index (χ4n) is 9.90. The monoisotopic (exact) mass is 724 g/mol. The van der Waals surface area contributed by atoms with Gasteiger partial charge in [-0.05, 0) is 118 Å². The predicted octanol–water partition coefficient (Wildman–Crippen LogP) is 14.8. The maximum atomic E-state index is 5.07. The molecule has 0 unspecified atom stereocenters. The largest absolute Gasteiger partial charge is 0.296 e. The van der Waals surface area contributed by atoms with Crippen molar-refractivity contribution < 1.29 is 0 Å². The Labute approximate surface area is 330 Å². The molecule has 0 radical (unpaired) electrons. The van der Waals surface area contributed by atoms with E-state index < -0.39 is 0 Å².